The van der Waals surface area contributed by atoms with Crippen LogP contribution in [0.5, 0.6) is 0 Å². The van der Waals surface area contributed by atoms with Gasteiger partial charge in [-0.1, -0.05) is 85.0 Å². The molecule has 0 heterocycles. The van der Waals surface area contributed by atoms with Crippen molar-refractivity contribution < 1.29 is 19.4 Å². The Morgan fingerprint density at radius 2 is 1.23 bits per heavy atom. The number of carbonyl (C=O) groups is 2. The predicted octanol–water partition coefficient (Wildman–Crippen LogP) is 7.54. The Morgan fingerprint density at radius 1 is 0.767 bits per heavy atom. The highest BCUT2D eigenvalue weighted by Gasteiger charge is 2.31. The molecule has 0 aromatic rings. The Kier molecular flexibility index (Phi) is 14.9. The van der Waals surface area contributed by atoms with Crippen molar-refractivity contribution in [1.29, 1.82) is 0 Å². The number of rotatable bonds is 17. The summed E-state index contributed by atoms with van der Waals surface area (Å²) >= 11 is 0. The number of carbonyl (C=O) groups excluding carboxylic acids is 1. The first-order valence-corrected chi connectivity index (χ1v) is 12.9. The first-order valence-electron chi connectivity index (χ1n) is 12.9. The van der Waals surface area contributed by atoms with Crippen molar-refractivity contribution in [2.24, 2.45) is 17.8 Å². The normalized spacial score (nSPS) is 20.3. The van der Waals surface area contributed by atoms with Gasteiger partial charge >= 0.3 is 11.9 Å². The zero-order chi connectivity index (χ0) is 22.2. The van der Waals surface area contributed by atoms with Crippen LogP contribution in [0.4, 0.5) is 0 Å². The fourth-order valence-corrected chi connectivity index (χ4v) is 4.52. The molecule has 0 aromatic heterocycles. The van der Waals surface area contributed by atoms with Crippen molar-refractivity contribution in [2.75, 3.05) is 0 Å². The molecule has 1 saturated carbocycles. The summed E-state index contributed by atoms with van der Waals surface area (Å²) < 4.78 is 5.89. The van der Waals surface area contributed by atoms with E-state index in [1.807, 2.05) is 0 Å². The zero-order valence-corrected chi connectivity index (χ0v) is 20.0. The standard InChI is InChI=1S/C26H48O4/c1-4-5-15-24(16-13-11-9-7-6-8-10-12-14-21(2)3)30-26(29)23-19-17-22(18-20-23)25(27)28/h21-24H,4-20H2,1-3H3,(H,27,28). The van der Waals surface area contributed by atoms with Crippen LogP contribution in [0, 0.1) is 17.8 Å². The van der Waals surface area contributed by atoms with Gasteiger partial charge in [0.2, 0.25) is 0 Å². The average Bonchev–Trinajstić information content (AvgIpc) is 2.72. The summed E-state index contributed by atoms with van der Waals surface area (Å²) in [6, 6.07) is 0. The van der Waals surface area contributed by atoms with Gasteiger partial charge in [0.15, 0.2) is 0 Å². The monoisotopic (exact) mass is 424 g/mol. The highest BCUT2D eigenvalue weighted by Crippen LogP contribution is 2.30. The van der Waals surface area contributed by atoms with Crippen LogP contribution in [0.2, 0.25) is 0 Å². The largest absolute Gasteiger partial charge is 0.481 e. The van der Waals surface area contributed by atoms with Crippen LogP contribution in [-0.4, -0.2) is 23.1 Å². The molecule has 0 spiro atoms. The molecule has 176 valence electrons. The molecule has 30 heavy (non-hydrogen) atoms. The summed E-state index contributed by atoms with van der Waals surface area (Å²) in [4.78, 5) is 23.7. The molecule has 1 rings (SSSR count). The van der Waals surface area contributed by atoms with Gasteiger partial charge in [-0.3, -0.25) is 9.59 Å². The molecule has 1 atom stereocenters. The summed E-state index contributed by atoms with van der Waals surface area (Å²) in [6.45, 7) is 6.77. The van der Waals surface area contributed by atoms with Gasteiger partial charge in [0, 0.05) is 0 Å². The van der Waals surface area contributed by atoms with Gasteiger partial charge in [-0.2, -0.15) is 0 Å². The number of carboxylic acids is 1. The highest BCUT2D eigenvalue weighted by atomic mass is 16.5. The van der Waals surface area contributed by atoms with Crippen LogP contribution in [0.1, 0.15) is 130 Å². The third kappa shape index (κ3) is 12.6. The third-order valence-electron chi connectivity index (χ3n) is 6.63. The van der Waals surface area contributed by atoms with Gasteiger partial charge in [-0.25, -0.2) is 0 Å². The number of hydrogen-bond acceptors (Lipinski definition) is 3. The van der Waals surface area contributed by atoms with E-state index >= 15 is 0 Å². The molecular formula is C26H48O4. The van der Waals surface area contributed by atoms with Crippen LogP contribution in [0.25, 0.3) is 0 Å². The second-order valence-electron chi connectivity index (χ2n) is 9.89. The van der Waals surface area contributed by atoms with Crippen molar-refractivity contribution >= 4 is 11.9 Å². The van der Waals surface area contributed by atoms with E-state index in [1.165, 1.54) is 51.4 Å². The summed E-state index contributed by atoms with van der Waals surface area (Å²) in [5, 5.41) is 9.12. The molecule has 4 heteroatoms. The van der Waals surface area contributed by atoms with Crippen LogP contribution in [0.15, 0.2) is 0 Å². The maximum absolute atomic E-state index is 12.6. The van der Waals surface area contributed by atoms with E-state index < -0.39 is 5.97 Å². The van der Waals surface area contributed by atoms with Crippen LogP contribution >= 0.6 is 0 Å². The predicted molar refractivity (Wildman–Crippen MR) is 123 cm³/mol. The number of ether oxygens (including phenoxy) is 1. The highest BCUT2D eigenvalue weighted by molar-refractivity contribution is 5.74. The molecule has 0 saturated heterocycles. The Morgan fingerprint density at radius 3 is 1.73 bits per heavy atom. The van der Waals surface area contributed by atoms with Gasteiger partial charge in [-0.15, -0.1) is 0 Å². The average molecular weight is 425 g/mol. The Labute approximate surface area is 185 Å². The van der Waals surface area contributed by atoms with Crippen molar-refractivity contribution in [2.45, 2.75) is 136 Å². The molecule has 0 amide bonds. The van der Waals surface area contributed by atoms with Gasteiger partial charge in [0.05, 0.1) is 11.8 Å². The zero-order valence-electron chi connectivity index (χ0n) is 20.0. The molecule has 0 aliphatic heterocycles. The number of aliphatic carboxylic acids is 1. The summed E-state index contributed by atoms with van der Waals surface area (Å²) in [6.07, 6.45) is 18.5. The van der Waals surface area contributed by atoms with Crippen molar-refractivity contribution in [3.63, 3.8) is 0 Å². The number of hydrogen-bond donors (Lipinski definition) is 1. The maximum Gasteiger partial charge on any atom is 0.309 e. The topological polar surface area (TPSA) is 63.6 Å². The molecule has 1 aliphatic carbocycles. The minimum absolute atomic E-state index is 0.0469. The lowest BCUT2D eigenvalue weighted by molar-refractivity contribution is -0.158. The number of unbranched alkanes of at least 4 members (excludes halogenated alkanes) is 8. The summed E-state index contributed by atoms with van der Waals surface area (Å²) in [5.41, 5.74) is 0. The second kappa shape index (κ2) is 16.6. The van der Waals surface area contributed by atoms with Crippen molar-refractivity contribution in [1.82, 2.24) is 0 Å². The van der Waals surface area contributed by atoms with E-state index in [1.54, 1.807) is 0 Å². The van der Waals surface area contributed by atoms with E-state index in [4.69, 9.17) is 9.84 Å². The lowest BCUT2D eigenvalue weighted by Gasteiger charge is -2.27. The van der Waals surface area contributed by atoms with Gasteiger partial charge in [-0.05, 0) is 50.9 Å². The van der Waals surface area contributed by atoms with E-state index in [0.717, 1.165) is 38.0 Å². The van der Waals surface area contributed by atoms with Gasteiger partial charge in [0.1, 0.15) is 6.10 Å². The second-order valence-corrected chi connectivity index (χ2v) is 9.89. The molecule has 0 radical (unpaired) electrons. The molecule has 0 bridgehead atoms. The van der Waals surface area contributed by atoms with E-state index in [2.05, 4.69) is 20.8 Å². The maximum atomic E-state index is 12.6. The molecule has 1 fully saturated rings. The van der Waals surface area contributed by atoms with Crippen molar-refractivity contribution in [3.8, 4) is 0 Å². The SMILES string of the molecule is CCCCC(CCCCCCCCCCC(C)C)OC(=O)C1CCC(C(=O)O)CC1. The number of esters is 1. The van der Waals surface area contributed by atoms with Gasteiger partial charge in [0.25, 0.3) is 0 Å². The van der Waals surface area contributed by atoms with Crippen LogP contribution in [0.3, 0.4) is 0 Å². The molecule has 0 aromatic carbocycles. The lowest BCUT2D eigenvalue weighted by Crippen LogP contribution is -2.29. The fraction of sp³-hybridized carbons (Fsp3) is 0.923. The van der Waals surface area contributed by atoms with Gasteiger partial charge < -0.3 is 9.84 Å². The minimum Gasteiger partial charge on any atom is -0.481 e. The van der Waals surface area contributed by atoms with Crippen molar-refractivity contribution in [3.05, 3.63) is 0 Å². The summed E-state index contributed by atoms with van der Waals surface area (Å²) in [5.74, 6) is -0.348. The Bertz CT molecular complexity index is 452. The van der Waals surface area contributed by atoms with E-state index in [0.29, 0.717) is 25.7 Å². The van der Waals surface area contributed by atoms with E-state index in [-0.39, 0.29) is 23.9 Å². The number of carboxylic acid groups (broad SMARTS) is 1. The smallest absolute Gasteiger partial charge is 0.309 e. The summed E-state index contributed by atoms with van der Waals surface area (Å²) in [7, 11) is 0. The minimum atomic E-state index is -0.724. The lowest BCUT2D eigenvalue weighted by atomic mass is 9.82. The molecule has 1 unspecified atom stereocenters. The quantitative estimate of drug-likeness (QED) is 0.193. The van der Waals surface area contributed by atoms with Crippen LogP contribution in [-0.2, 0) is 14.3 Å². The Balaban J connectivity index is 2.17. The fourth-order valence-electron chi connectivity index (χ4n) is 4.52. The first kappa shape index (κ1) is 27.0. The van der Waals surface area contributed by atoms with E-state index in [9.17, 15) is 9.59 Å². The molecule has 1 N–H and O–H groups in total. The van der Waals surface area contributed by atoms with Crippen LogP contribution < -0.4 is 0 Å². The first-order chi connectivity index (χ1) is 14.4. The Hall–Kier alpha value is -1.06. The molecule has 4 nitrogen and oxygen atoms in total. The molecule has 1 aliphatic rings. The molecular weight excluding hydrogens is 376 g/mol. The third-order valence-corrected chi connectivity index (χ3v) is 6.63.